The van der Waals surface area contributed by atoms with Crippen molar-refractivity contribution < 1.29 is 19.2 Å². The molecule has 1 heterocycles. The lowest BCUT2D eigenvalue weighted by Gasteiger charge is -2.19. The van der Waals surface area contributed by atoms with Gasteiger partial charge in [-0.1, -0.05) is 22.9 Å². The number of benzene rings is 1. The molecule has 1 unspecified atom stereocenters. The molecule has 0 saturated heterocycles. The van der Waals surface area contributed by atoms with E-state index in [0.717, 1.165) is 0 Å². The number of hydrogen-bond donors (Lipinski definition) is 1. The van der Waals surface area contributed by atoms with Gasteiger partial charge in [0.15, 0.2) is 11.5 Å². The van der Waals surface area contributed by atoms with E-state index in [9.17, 15) is 14.9 Å². The van der Waals surface area contributed by atoms with Crippen LogP contribution in [-0.2, 0) is 4.79 Å². The third-order valence-electron chi connectivity index (χ3n) is 2.76. The number of ether oxygens (including phenoxy) is 2. The smallest absolute Gasteiger partial charge is 0.296 e. The van der Waals surface area contributed by atoms with Gasteiger partial charge in [0.1, 0.15) is 18.9 Å². The molecule has 2 rings (SSSR count). The zero-order valence-electron chi connectivity index (χ0n) is 10.7. The second-order valence-corrected chi connectivity index (χ2v) is 5.24. The molecule has 0 aliphatic carbocycles. The molecule has 20 heavy (non-hydrogen) atoms. The standard InChI is InChI=1S/C12H13BrN2O5/c1-2-7(13)12(16)14-8-5-10-11(20-4-3-19-10)6-9(8)15(17)18/h5-7H,2-4H2,1H3,(H,14,16). The third kappa shape index (κ3) is 3.01. The summed E-state index contributed by atoms with van der Waals surface area (Å²) < 4.78 is 10.6. The molecule has 1 aliphatic heterocycles. The Morgan fingerprint density at radius 2 is 2.05 bits per heavy atom. The molecule has 108 valence electrons. The van der Waals surface area contributed by atoms with E-state index in [1.807, 2.05) is 6.92 Å². The van der Waals surface area contributed by atoms with E-state index in [1.54, 1.807) is 0 Å². The Bertz CT molecular complexity index is 549. The molecule has 1 atom stereocenters. The largest absolute Gasteiger partial charge is 0.486 e. The van der Waals surface area contributed by atoms with Crippen LogP contribution in [0.5, 0.6) is 11.5 Å². The monoisotopic (exact) mass is 344 g/mol. The van der Waals surface area contributed by atoms with E-state index in [1.165, 1.54) is 12.1 Å². The summed E-state index contributed by atoms with van der Waals surface area (Å²) in [6, 6.07) is 2.68. The van der Waals surface area contributed by atoms with Gasteiger partial charge in [-0.05, 0) is 6.42 Å². The lowest BCUT2D eigenvalue weighted by Crippen LogP contribution is -2.23. The summed E-state index contributed by atoms with van der Waals surface area (Å²) in [5, 5.41) is 13.6. The number of nitro benzene ring substituents is 1. The Morgan fingerprint density at radius 3 is 2.60 bits per heavy atom. The van der Waals surface area contributed by atoms with E-state index in [-0.39, 0.29) is 17.3 Å². The van der Waals surface area contributed by atoms with Gasteiger partial charge in [-0.15, -0.1) is 0 Å². The summed E-state index contributed by atoms with van der Waals surface area (Å²) in [6.07, 6.45) is 0.574. The van der Waals surface area contributed by atoms with Crippen LogP contribution >= 0.6 is 15.9 Å². The molecule has 0 radical (unpaired) electrons. The summed E-state index contributed by atoms with van der Waals surface area (Å²) in [4.78, 5) is 21.9. The molecule has 1 amide bonds. The Kier molecular flexibility index (Phi) is 4.43. The molecular formula is C12H13BrN2O5. The number of nitrogens with zero attached hydrogens (tertiary/aromatic N) is 1. The van der Waals surface area contributed by atoms with Crippen LogP contribution in [0.15, 0.2) is 12.1 Å². The van der Waals surface area contributed by atoms with Crippen LogP contribution < -0.4 is 14.8 Å². The molecule has 0 aromatic heterocycles. The Morgan fingerprint density at radius 1 is 1.45 bits per heavy atom. The molecule has 0 saturated carbocycles. The first-order valence-electron chi connectivity index (χ1n) is 6.06. The number of nitro groups is 1. The maximum Gasteiger partial charge on any atom is 0.296 e. The van der Waals surface area contributed by atoms with Crippen LogP contribution in [0.3, 0.4) is 0 Å². The molecular weight excluding hydrogens is 332 g/mol. The van der Waals surface area contributed by atoms with Crippen molar-refractivity contribution >= 4 is 33.2 Å². The van der Waals surface area contributed by atoms with Gasteiger partial charge in [-0.2, -0.15) is 0 Å². The average Bonchev–Trinajstić information content (AvgIpc) is 2.45. The molecule has 1 aromatic rings. The average molecular weight is 345 g/mol. The van der Waals surface area contributed by atoms with Gasteiger partial charge in [-0.25, -0.2) is 0 Å². The van der Waals surface area contributed by atoms with Crippen molar-refractivity contribution in [2.24, 2.45) is 0 Å². The van der Waals surface area contributed by atoms with Crippen molar-refractivity contribution in [3.05, 3.63) is 22.2 Å². The molecule has 0 bridgehead atoms. The summed E-state index contributed by atoms with van der Waals surface area (Å²) in [5.74, 6) is 0.360. The van der Waals surface area contributed by atoms with Gasteiger partial charge in [0.05, 0.1) is 15.8 Å². The fourth-order valence-electron chi connectivity index (χ4n) is 1.73. The topological polar surface area (TPSA) is 90.7 Å². The minimum absolute atomic E-state index is 0.0992. The number of amides is 1. The Hall–Kier alpha value is -1.83. The van der Waals surface area contributed by atoms with Crippen LogP contribution in [-0.4, -0.2) is 28.9 Å². The highest BCUT2D eigenvalue weighted by Crippen LogP contribution is 2.39. The van der Waals surface area contributed by atoms with E-state index in [0.29, 0.717) is 31.1 Å². The van der Waals surface area contributed by atoms with Crippen molar-refractivity contribution in [3.63, 3.8) is 0 Å². The summed E-state index contributed by atoms with van der Waals surface area (Å²) >= 11 is 3.20. The van der Waals surface area contributed by atoms with Gasteiger partial charge in [0.25, 0.3) is 5.69 Å². The predicted molar refractivity (Wildman–Crippen MR) is 75.7 cm³/mol. The molecule has 0 spiro atoms. The lowest BCUT2D eigenvalue weighted by atomic mass is 10.2. The highest BCUT2D eigenvalue weighted by Gasteiger charge is 2.24. The van der Waals surface area contributed by atoms with Gasteiger partial charge in [0, 0.05) is 6.07 Å². The van der Waals surface area contributed by atoms with Crippen molar-refractivity contribution in [1.82, 2.24) is 0 Å². The number of rotatable bonds is 4. The van der Waals surface area contributed by atoms with Crippen LogP contribution in [0.2, 0.25) is 0 Å². The number of anilines is 1. The van der Waals surface area contributed by atoms with Crippen molar-refractivity contribution in [3.8, 4) is 11.5 Å². The first-order chi connectivity index (χ1) is 9.52. The molecule has 1 aromatic carbocycles. The number of fused-ring (bicyclic) bond motifs is 1. The van der Waals surface area contributed by atoms with Gasteiger partial charge in [-0.3, -0.25) is 14.9 Å². The number of carbonyl (C=O) groups excluding carboxylic acids is 1. The summed E-state index contributed by atoms with van der Waals surface area (Å²) in [5.41, 5.74) is -0.124. The quantitative estimate of drug-likeness (QED) is 0.514. The highest BCUT2D eigenvalue weighted by molar-refractivity contribution is 9.10. The van der Waals surface area contributed by atoms with Crippen LogP contribution in [0.4, 0.5) is 11.4 Å². The number of halogens is 1. The Balaban J connectivity index is 2.35. The SMILES string of the molecule is CCC(Br)C(=O)Nc1cc2c(cc1[N+](=O)[O-])OCCO2. The number of alkyl halides is 1. The fourth-order valence-corrected chi connectivity index (χ4v) is 1.84. The second kappa shape index (κ2) is 6.08. The third-order valence-corrected chi connectivity index (χ3v) is 3.82. The predicted octanol–water partition coefficient (Wildman–Crippen LogP) is 2.48. The maximum absolute atomic E-state index is 11.8. The molecule has 8 heteroatoms. The van der Waals surface area contributed by atoms with Crippen molar-refractivity contribution in [2.45, 2.75) is 18.2 Å². The zero-order valence-corrected chi connectivity index (χ0v) is 12.3. The Labute approximate surface area is 123 Å². The van der Waals surface area contributed by atoms with Gasteiger partial charge >= 0.3 is 0 Å². The minimum atomic E-state index is -0.566. The van der Waals surface area contributed by atoms with Gasteiger partial charge in [0.2, 0.25) is 5.91 Å². The summed E-state index contributed by atoms with van der Waals surface area (Å²) in [7, 11) is 0. The molecule has 0 fully saturated rings. The van der Waals surface area contributed by atoms with E-state index in [2.05, 4.69) is 21.2 Å². The highest BCUT2D eigenvalue weighted by atomic mass is 79.9. The fraction of sp³-hybridized carbons (Fsp3) is 0.417. The van der Waals surface area contributed by atoms with Crippen LogP contribution in [0.1, 0.15) is 13.3 Å². The number of nitrogens with one attached hydrogen (secondary N) is 1. The number of carbonyl (C=O) groups is 1. The van der Waals surface area contributed by atoms with Crippen LogP contribution in [0.25, 0.3) is 0 Å². The van der Waals surface area contributed by atoms with E-state index < -0.39 is 9.75 Å². The van der Waals surface area contributed by atoms with E-state index >= 15 is 0 Å². The normalized spacial score (nSPS) is 14.5. The van der Waals surface area contributed by atoms with E-state index in [4.69, 9.17) is 9.47 Å². The second-order valence-electron chi connectivity index (χ2n) is 4.14. The van der Waals surface area contributed by atoms with Gasteiger partial charge < -0.3 is 14.8 Å². The zero-order chi connectivity index (χ0) is 14.7. The van der Waals surface area contributed by atoms with Crippen molar-refractivity contribution in [2.75, 3.05) is 18.5 Å². The lowest BCUT2D eigenvalue weighted by molar-refractivity contribution is -0.384. The van der Waals surface area contributed by atoms with Crippen LogP contribution in [0, 0.1) is 10.1 Å². The minimum Gasteiger partial charge on any atom is -0.486 e. The molecule has 7 nitrogen and oxygen atoms in total. The molecule has 1 aliphatic rings. The molecule has 1 N–H and O–H groups in total. The summed E-state index contributed by atoms with van der Waals surface area (Å²) in [6.45, 7) is 2.54. The first-order valence-corrected chi connectivity index (χ1v) is 6.97. The van der Waals surface area contributed by atoms with Crippen molar-refractivity contribution in [1.29, 1.82) is 0 Å². The maximum atomic E-state index is 11.8. The number of hydrogen-bond acceptors (Lipinski definition) is 5. The first kappa shape index (κ1) is 14.6.